The van der Waals surface area contributed by atoms with Gasteiger partial charge in [0, 0.05) is 23.5 Å². The third kappa shape index (κ3) is 5.58. The highest BCUT2D eigenvalue weighted by atomic mass is 16.5. The molecule has 0 bridgehead atoms. The molecule has 0 fully saturated rings. The summed E-state index contributed by atoms with van der Waals surface area (Å²) in [5, 5.41) is 3.21. The molecule has 3 rings (SSSR count). The van der Waals surface area contributed by atoms with E-state index in [1.165, 1.54) is 6.08 Å². The van der Waals surface area contributed by atoms with Crippen molar-refractivity contribution in [2.75, 3.05) is 26.6 Å². The van der Waals surface area contributed by atoms with Gasteiger partial charge in [-0.1, -0.05) is 54.1 Å². The van der Waals surface area contributed by atoms with E-state index in [0.29, 0.717) is 22.8 Å². The van der Waals surface area contributed by atoms with Crippen LogP contribution in [0.5, 0.6) is 17.2 Å². The number of allylic oxidation sites excluding steroid dienone is 1. The molecule has 0 aliphatic heterocycles. The first kappa shape index (κ1) is 22.7. The summed E-state index contributed by atoms with van der Waals surface area (Å²) in [7, 11) is 4.76. The number of para-hydroxylation sites is 1. The number of methoxy groups -OCH3 is 3. The molecule has 32 heavy (non-hydrogen) atoms. The van der Waals surface area contributed by atoms with Gasteiger partial charge < -0.3 is 19.5 Å². The quantitative estimate of drug-likeness (QED) is 0.257. The summed E-state index contributed by atoms with van der Waals surface area (Å²) in [4.78, 5) is 12.4. The van der Waals surface area contributed by atoms with Crippen LogP contribution in [0.1, 0.15) is 27.0 Å². The van der Waals surface area contributed by atoms with Gasteiger partial charge in [-0.2, -0.15) is 0 Å². The molecule has 1 N–H and O–H groups in total. The molecule has 3 aromatic carbocycles. The van der Waals surface area contributed by atoms with E-state index >= 15 is 0 Å². The molecule has 164 valence electrons. The third-order valence-corrected chi connectivity index (χ3v) is 4.88. The Balaban J connectivity index is 1.78. The van der Waals surface area contributed by atoms with Crippen molar-refractivity contribution < 1.29 is 19.0 Å². The summed E-state index contributed by atoms with van der Waals surface area (Å²) >= 11 is 0. The largest absolute Gasteiger partial charge is 0.493 e. The second-order valence-corrected chi connectivity index (χ2v) is 7.09. The minimum atomic E-state index is -0.0494. The van der Waals surface area contributed by atoms with E-state index in [1.54, 1.807) is 27.5 Å². The predicted octanol–water partition coefficient (Wildman–Crippen LogP) is 6.00. The van der Waals surface area contributed by atoms with Crippen LogP contribution in [0.4, 0.5) is 5.69 Å². The topological polar surface area (TPSA) is 56.8 Å². The van der Waals surface area contributed by atoms with Gasteiger partial charge >= 0.3 is 0 Å². The molecule has 0 aliphatic rings. The number of rotatable bonds is 9. The minimum Gasteiger partial charge on any atom is -0.493 e. The van der Waals surface area contributed by atoms with Gasteiger partial charge in [-0.15, -0.1) is 0 Å². The first-order valence-corrected chi connectivity index (χ1v) is 10.2. The van der Waals surface area contributed by atoms with Crippen LogP contribution in [0.15, 0.2) is 72.9 Å². The Morgan fingerprint density at radius 3 is 2.22 bits per heavy atom. The number of carbonyl (C=O) groups excluding carboxylic acids is 1. The Hall–Kier alpha value is -3.99. The van der Waals surface area contributed by atoms with Gasteiger partial charge in [-0.05, 0) is 42.3 Å². The van der Waals surface area contributed by atoms with Crippen LogP contribution < -0.4 is 19.5 Å². The van der Waals surface area contributed by atoms with Gasteiger partial charge in [0.25, 0.3) is 0 Å². The van der Waals surface area contributed by atoms with E-state index in [4.69, 9.17) is 14.2 Å². The zero-order valence-corrected chi connectivity index (χ0v) is 18.7. The number of anilines is 1. The lowest BCUT2D eigenvalue weighted by Crippen LogP contribution is -1.97. The van der Waals surface area contributed by atoms with Crippen molar-refractivity contribution in [2.24, 2.45) is 0 Å². The number of aryl methyl sites for hydroxylation is 1. The monoisotopic (exact) mass is 429 g/mol. The number of nitrogens with one attached hydrogen (secondary N) is 1. The summed E-state index contributed by atoms with van der Waals surface area (Å²) in [5.41, 5.74) is 4.47. The second-order valence-electron chi connectivity index (χ2n) is 7.09. The molecular weight excluding hydrogens is 402 g/mol. The van der Waals surface area contributed by atoms with Crippen LogP contribution >= 0.6 is 0 Å². The number of hydrogen-bond donors (Lipinski definition) is 1. The maximum Gasteiger partial charge on any atom is 0.203 e. The summed E-state index contributed by atoms with van der Waals surface area (Å²) in [5.74, 6) is 1.69. The predicted molar refractivity (Wildman–Crippen MR) is 130 cm³/mol. The SMILES string of the molecule is COc1cc(/C=C\c2ccccc2N/C=C\C(=O)c2cccc(C)c2)cc(OC)c1OC. The van der Waals surface area contributed by atoms with E-state index < -0.39 is 0 Å². The molecule has 0 atom stereocenters. The van der Waals surface area contributed by atoms with Gasteiger partial charge in [0.05, 0.1) is 21.3 Å². The molecular formula is C27H27NO4. The fourth-order valence-corrected chi connectivity index (χ4v) is 3.26. The zero-order valence-electron chi connectivity index (χ0n) is 18.7. The van der Waals surface area contributed by atoms with Gasteiger partial charge in [-0.25, -0.2) is 0 Å². The van der Waals surface area contributed by atoms with Gasteiger partial charge in [0.1, 0.15) is 0 Å². The van der Waals surface area contributed by atoms with Crippen LogP contribution in [-0.2, 0) is 0 Å². The summed E-state index contributed by atoms with van der Waals surface area (Å²) in [6, 6.07) is 19.2. The standard InChI is InChI=1S/C27H27NO4/c1-19-8-7-10-22(16-19)24(29)14-15-28-23-11-6-5-9-21(23)13-12-20-17-25(30-2)27(32-4)26(18-20)31-3/h5-18,28H,1-4H3/b13-12-,15-14-. The number of carbonyl (C=O) groups is 1. The van der Waals surface area contributed by atoms with Crippen molar-refractivity contribution in [3.63, 3.8) is 0 Å². The molecule has 0 amide bonds. The molecule has 0 unspecified atom stereocenters. The molecule has 0 radical (unpaired) electrons. The maximum atomic E-state index is 12.4. The van der Waals surface area contributed by atoms with Crippen LogP contribution in [0.3, 0.4) is 0 Å². The first-order chi connectivity index (χ1) is 15.5. The van der Waals surface area contributed by atoms with E-state index in [0.717, 1.165) is 22.4 Å². The summed E-state index contributed by atoms with van der Waals surface area (Å²) in [6.07, 6.45) is 7.15. The third-order valence-electron chi connectivity index (χ3n) is 4.88. The normalized spacial score (nSPS) is 11.0. The Bertz CT molecular complexity index is 1120. The first-order valence-electron chi connectivity index (χ1n) is 10.2. The van der Waals surface area contributed by atoms with Crippen molar-refractivity contribution in [1.82, 2.24) is 0 Å². The Labute approximate surface area is 189 Å². The average Bonchev–Trinajstić information content (AvgIpc) is 2.82. The number of benzene rings is 3. The van der Waals surface area contributed by atoms with Gasteiger partial charge in [0.15, 0.2) is 17.3 Å². The molecule has 0 aromatic heterocycles. The smallest absolute Gasteiger partial charge is 0.203 e. The lowest BCUT2D eigenvalue weighted by Gasteiger charge is -2.13. The number of hydrogen-bond acceptors (Lipinski definition) is 5. The van der Waals surface area contributed by atoms with Crippen molar-refractivity contribution in [2.45, 2.75) is 6.92 Å². The van der Waals surface area contributed by atoms with Crippen molar-refractivity contribution in [3.8, 4) is 17.2 Å². The minimum absolute atomic E-state index is 0.0494. The lowest BCUT2D eigenvalue weighted by molar-refractivity contribution is 0.104. The van der Waals surface area contributed by atoms with E-state index in [1.807, 2.05) is 79.7 Å². The van der Waals surface area contributed by atoms with Crippen molar-refractivity contribution in [1.29, 1.82) is 0 Å². The molecule has 5 nitrogen and oxygen atoms in total. The van der Waals surface area contributed by atoms with Gasteiger partial charge in [0.2, 0.25) is 5.75 Å². The van der Waals surface area contributed by atoms with Crippen molar-refractivity contribution in [3.05, 3.63) is 95.2 Å². The highest BCUT2D eigenvalue weighted by Crippen LogP contribution is 2.38. The lowest BCUT2D eigenvalue weighted by atomic mass is 10.1. The van der Waals surface area contributed by atoms with E-state index in [2.05, 4.69) is 5.32 Å². The Morgan fingerprint density at radius 2 is 1.56 bits per heavy atom. The van der Waals surface area contributed by atoms with E-state index in [-0.39, 0.29) is 5.78 Å². The molecule has 5 heteroatoms. The Morgan fingerprint density at radius 1 is 0.844 bits per heavy atom. The summed E-state index contributed by atoms with van der Waals surface area (Å²) in [6.45, 7) is 1.97. The van der Waals surface area contributed by atoms with Crippen LogP contribution in [0, 0.1) is 6.92 Å². The van der Waals surface area contributed by atoms with E-state index in [9.17, 15) is 4.79 Å². The van der Waals surface area contributed by atoms with Crippen LogP contribution in [-0.4, -0.2) is 27.1 Å². The molecule has 0 aliphatic carbocycles. The molecule has 0 heterocycles. The molecule has 0 spiro atoms. The van der Waals surface area contributed by atoms with Crippen molar-refractivity contribution >= 4 is 23.6 Å². The van der Waals surface area contributed by atoms with Crippen LogP contribution in [0.2, 0.25) is 0 Å². The molecule has 0 saturated heterocycles. The Kier molecular flexibility index (Phi) is 7.70. The highest BCUT2D eigenvalue weighted by Gasteiger charge is 2.12. The second kappa shape index (κ2) is 10.9. The van der Waals surface area contributed by atoms with Crippen LogP contribution in [0.25, 0.3) is 12.2 Å². The zero-order chi connectivity index (χ0) is 22.9. The summed E-state index contributed by atoms with van der Waals surface area (Å²) < 4.78 is 16.2. The maximum absolute atomic E-state index is 12.4. The van der Waals surface area contributed by atoms with Gasteiger partial charge in [-0.3, -0.25) is 4.79 Å². The highest BCUT2D eigenvalue weighted by molar-refractivity contribution is 6.04. The molecule has 3 aromatic rings. The average molecular weight is 430 g/mol. The molecule has 0 saturated carbocycles. The number of ether oxygens (including phenoxy) is 3. The number of ketones is 1. The fourth-order valence-electron chi connectivity index (χ4n) is 3.26. The fraction of sp³-hybridized carbons (Fsp3) is 0.148.